The summed E-state index contributed by atoms with van der Waals surface area (Å²) >= 11 is 0. The molecule has 0 radical (unpaired) electrons. The van der Waals surface area contributed by atoms with Crippen molar-refractivity contribution in [2.24, 2.45) is 0 Å². The van der Waals surface area contributed by atoms with Crippen LogP contribution >= 0.6 is 0 Å². The van der Waals surface area contributed by atoms with Crippen molar-refractivity contribution in [3.05, 3.63) is 0 Å². The van der Waals surface area contributed by atoms with Gasteiger partial charge in [0.25, 0.3) is 0 Å². The number of aliphatic hydroxyl groups is 1. The molecule has 5 heavy (non-hydrogen) atoms. The zero-order valence-corrected chi connectivity index (χ0v) is 5.37. The Morgan fingerprint density at radius 2 is 1.40 bits per heavy atom. The minimum atomic E-state index is -0.167. The number of hydrogen-bond acceptors (Lipinski definition) is 1. The molecule has 0 heterocycles. The molecule has 0 saturated carbocycles. The Kier molecular flexibility index (Phi) is 9.97. The molecule has 0 amide bonds. The first-order valence-corrected chi connectivity index (χ1v) is 1.41. The molecule has 36 valence electrons. The van der Waals surface area contributed by atoms with Gasteiger partial charge in [-0.1, -0.05) is 0 Å². The van der Waals surface area contributed by atoms with E-state index in [2.05, 4.69) is 0 Å². The minimum Gasteiger partial charge on any atom is -0.394 e. The summed E-state index contributed by atoms with van der Waals surface area (Å²) in [5.74, 6) is 0. The third-order valence-corrected chi connectivity index (χ3v) is 0. The van der Waals surface area contributed by atoms with Crippen LogP contribution in [0.15, 0.2) is 0 Å². The zero-order valence-electron chi connectivity index (χ0n) is 3.34. The standard InChI is InChI=1S/C3H8O.Dy/c1-3(2)4;/h3-4H,1-2H3;. The van der Waals surface area contributed by atoms with Crippen LogP contribution in [0.3, 0.4) is 0 Å². The van der Waals surface area contributed by atoms with E-state index in [0.717, 1.165) is 0 Å². The molecule has 1 N–H and O–H groups in total. The molecule has 1 nitrogen and oxygen atoms in total. The molecule has 0 saturated heterocycles. The van der Waals surface area contributed by atoms with Gasteiger partial charge in [-0.15, -0.1) is 0 Å². The van der Waals surface area contributed by atoms with Crippen LogP contribution in [-0.4, -0.2) is 11.2 Å². The Morgan fingerprint density at radius 3 is 1.40 bits per heavy atom. The van der Waals surface area contributed by atoms with Crippen LogP contribution in [0, 0.1) is 38.2 Å². The fraction of sp³-hybridized carbons (Fsp3) is 1.00. The maximum Gasteiger partial charge on any atom is 0.0483 e. The van der Waals surface area contributed by atoms with Crippen LogP contribution in [-0.2, 0) is 0 Å². The van der Waals surface area contributed by atoms with E-state index in [4.69, 9.17) is 5.11 Å². The molecule has 0 unspecified atom stereocenters. The van der Waals surface area contributed by atoms with Gasteiger partial charge < -0.3 is 5.11 Å². The first-order chi connectivity index (χ1) is 1.73. The van der Waals surface area contributed by atoms with Crippen LogP contribution in [0.4, 0.5) is 0 Å². The van der Waals surface area contributed by atoms with Crippen molar-refractivity contribution in [1.82, 2.24) is 0 Å². The first-order valence-electron chi connectivity index (χ1n) is 1.41. The van der Waals surface area contributed by atoms with Crippen molar-refractivity contribution < 1.29 is 43.3 Å². The van der Waals surface area contributed by atoms with E-state index in [-0.39, 0.29) is 44.3 Å². The van der Waals surface area contributed by atoms with E-state index < -0.39 is 0 Å². The van der Waals surface area contributed by atoms with Crippen LogP contribution in [0.25, 0.3) is 0 Å². The van der Waals surface area contributed by atoms with Gasteiger partial charge in [0.15, 0.2) is 0 Å². The molecule has 0 bridgehead atoms. The molecule has 0 aliphatic carbocycles. The third-order valence-electron chi connectivity index (χ3n) is 0. The molecule has 0 aromatic rings. The largest absolute Gasteiger partial charge is 0.394 e. The van der Waals surface area contributed by atoms with Gasteiger partial charge in [-0.3, -0.25) is 0 Å². The Morgan fingerprint density at radius 1 is 1.40 bits per heavy atom. The quantitative estimate of drug-likeness (QED) is 0.629. The molecule has 0 fully saturated rings. The summed E-state index contributed by atoms with van der Waals surface area (Å²) < 4.78 is 0. The van der Waals surface area contributed by atoms with E-state index in [1.807, 2.05) is 0 Å². The van der Waals surface area contributed by atoms with Gasteiger partial charge in [0.2, 0.25) is 0 Å². The van der Waals surface area contributed by atoms with Gasteiger partial charge in [0.05, 0.1) is 0 Å². The molecule has 0 spiro atoms. The summed E-state index contributed by atoms with van der Waals surface area (Å²) in [6.45, 7) is 3.44. The van der Waals surface area contributed by atoms with Gasteiger partial charge in [0.1, 0.15) is 0 Å². The molecular formula is C3H8DyO. The summed E-state index contributed by atoms with van der Waals surface area (Å²) in [7, 11) is 0. The predicted molar refractivity (Wildman–Crippen MR) is 17.4 cm³/mol. The van der Waals surface area contributed by atoms with Gasteiger partial charge in [-0.05, 0) is 13.8 Å². The maximum absolute atomic E-state index is 8.06. The normalized spacial score (nSPS) is 7.20. The molecular weight excluding hydrogens is 215 g/mol. The third kappa shape index (κ3) is 36.0. The summed E-state index contributed by atoms with van der Waals surface area (Å²) in [4.78, 5) is 0. The second kappa shape index (κ2) is 5.23. The van der Waals surface area contributed by atoms with Gasteiger partial charge in [0, 0.05) is 44.3 Å². The summed E-state index contributed by atoms with van der Waals surface area (Å²) in [6, 6.07) is 0. The van der Waals surface area contributed by atoms with Crippen molar-refractivity contribution in [2.45, 2.75) is 20.0 Å². The van der Waals surface area contributed by atoms with E-state index >= 15 is 0 Å². The number of hydrogen-bond donors (Lipinski definition) is 1. The Bertz CT molecular complexity index is 11.6. The predicted octanol–water partition coefficient (Wildman–Crippen LogP) is 0.387. The van der Waals surface area contributed by atoms with E-state index in [1.165, 1.54) is 0 Å². The van der Waals surface area contributed by atoms with Crippen molar-refractivity contribution in [3.63, 3.8) is 0 Å². The van der Waals surface area contributed by atoms with Crippen LogP contribution in [0.5, 0.6) is 0 Å². The molecule has 0 aliphatic heterocycles. The van der Waals surface area contributed by atoms with Crippen molar-refractivity contribution in [3.8, 4) is 0 Å². The van der Waals surface area contributed by atoms with Crippen molar-refractivity contribution in [2.75, 3.05) is 0 Å². The second-order valence-corrected chi connectivity index (χ2v) is 1.09. The van der Waals surface area contributed by atoms with E-state index in [0.29, 0.717) is 0 Å². The van der Waals surface area contributed by atoms with Crippen LogP contribution < -0.4 is 0 Å². The Hall–Kier alpha value is 1.23. The van der Waals surface area contributed by atoms with Gasteiger partial charge >= 0.3 is 0 Å². The van der Waals surface area contributed by atoms with Crippen LogP contribution in [0.1, 0.15) is 13.8 Å². The maximum atomic E-state index is 8.06. The topological polar surface area (TPSA) is 20.2 Å². The van der Waals surface area contributed by atoms with Gasteiger partial charge in [-0.25, -0.2) is 0 Å². The van der Waals surface area contributed by atoms with Crippen molar-refractivity contribution in [1.29, 1.82) is 0 Å². The molecule has 0 aromatic heterocycles. The summed E-state index contributed by atoms with van der Waals surface area (Å²) in [6.07, 6.45) is -0.167. The Balaban J connectivity index is 0. The average Bonchev–Trinajstić information content (AvgIpc) is 0.811. The number of aliphatic hydroxyl groups excluding tert-OH is 1. The summed E-state index contributed by atoms with van der Waals surface area (Å²) in [5.41, 5.74) is 0. The smallest absolute Gasteiger partial charge is 0.0483 e. The monoisotopic (exact) mass is 224 g/mol. The van der Waals surface area contributed by atoms with Crippen molar-refractivity contribution >= 4 is 0 Å². The SMILES string of the molecule is CC(C)O.[Dy]. The number of rotatable bonds is 0. The fourth-order valence-electron chi connectivity index (χ4n) is 0. The second-order valence-electron chi connectivity index (χ2n) is 1.09. The zero-order chi connectivity index (χ0) is 3.58. The Labute approximate surface area is 62.8 Å². The first kappa shape index (κ1) is 9.53. The molecule has 0 aliphatic rings. The molecule has 0 atom stereocenters. The molecule has 0 rings (SSSR count). The molecule has 2 heteroatoms. The van der Waals surface area contributed by atoms with Gasteiger partial charge in [-0.2, -0.15) is 0 Å². The van der Waals surface area contributed by atoms with Crippen LogP contribution in [0.2, 0.25) is 0 Å². The minimum absolute atomic E-state index is 0. The molecule has 0 aromatic carbocycles. The summed E-state index contributed by atoms with van der Waals surface area (Å²) in [5, 5.41) is 8.06. The fourth-order valence-corrected chi connectivity index (χ4v) is 0. The van der Waals surface area contributed by atoms with E-state index in [9.17, 15) is 0 Å². The van der Waals surface area contributed by atoms with E-state index in [1.54, 1.807) is 13.8 Å². The average molecular weight is 223 g/mol.